The van der Waals surface area contributed by atoms with E-state index in [0.717, 1.165) is 53.1 Å². The van der Waals surface area contributed by atoms with Gasteiger partial charge in [0.05, 0.1) is 32.8 Å². The standard InChI is InChI=1S/C22H22ClF3N4O2S2/c1-31-5-6-32-20-18(33-2)9-17(34-20)19-14(22(24,25)26)11-28-21(30-19)29-16-8-12-3-4-27-10-13(12)7-15(16)23/h7-9,11,27H,3-6,10H2,1-2H3,(H,28,29,30). The first-order valence-electron chi connectivity index (χ1n) is 10.3. The molecule has 0 amide bonds. The van der Waals surface area contributed by atoms with Crippen molar-refractivity contribution in [1.29, 1.82) is 0 Å². The zero-order valence-corrected chi connectivity index (χ0v) is 20.8. The van der Waals surface area contributed by atoms with Crippen LogP contribution in [0.1, 0.15) is 16.7 Å². The molecule has 0 aliphatic carbocycles. The number of hydrogen-bond donors (Lipinski definition) is 2. The molecule has 0 atom stereocenters. The Bertz CT molecular complexity index is 1170. The lowest BCUT2D eigenvalue weighted by molar-refractivity contribution is -0.137. The zero-order valence-electron chi connectivity index (χ0n) is 18.4. The molecule has 0 fully saturated rings. The molecule has 0 saturated carbocycles. The number of benzene rings is 1. The largest absolute Gasteiger partial charge is 0.481 e. The summed E-state index contributed by atoms with van der Waals surface area (Å²) in [6.07, 6.45) is -1.16. The first kappa shape index (κ1) is 25.1. The van der Waals surface area contributed by atoms with Crippen molar-refractivity contribution in [3.05, 3.63) is 46.1 Å². The minimum atomic E-state index is -4.62. The summed E-state index contributed by atoms with van der Waals surface area (Å²) in [5.74, 6) is 0.0275. The number of thioether (sulfide) groups is 1. The molecule has 182 valence electrons. The van der Waals surface area contributed by atoms with Crippen molar-refractivity contribution in [2.45, 2.75) is 24.0 Å². The smallest absolute Gasteiger partial charge is 0.420 e. The lowest BCUT2D eigenvalue weighted by Gasteiger charge is -2.19. The third-order valence-electron chi connectivity index (χ3n) is 5.16. The van der Waals surface area contributed by atoms with Crippen LogP contribution in [0.2, 0.25) is 5.02 Å². The molecule has 0 saturated heterocycles. The van der Waals surface area contributed by atoms with Crippen molar-refractivity contribution in [2.24, 2.45) is 0 Å². The molecule has 4 rings (SSSR count). The summed E-state index contributed by atoms with van der Waals surface area (Å²) < 4.78 is 52.1. The van der Waals surface area contributed by atoms with Gasteiger partial charge in [-0.05, 0) is 48.5 Å². The number of halogens is 4. The summed E-state index contributed by atoms with van der Waals surface area (Å²) in [5.41, 5.74) is 1.63. The molecule has 0 unspecified atom stereocenters. The molecule has 3 aromatic rings. The van der Waals surface area contributed by atoms with Gasteiger partial charge < -0.3 is 20.1 Å². The van der Waals surface area contributed by atoms with Crippen LogP contribution in [-0.2, 0) is 23.9 Å². The van der Waals surface area contributed by atoms with E-state index in [1.165, 1.54) is 11.8 Å². The highest BCUT2D eigenvalue weighted by Gasteiger charge is 2.36. The Kier molecular flexibility index (Phi) is 7.88. The van der Waals surface area contributed by atoms with E-state index in [2.05, 4.69) is 20.6 Å². The fraction of sp³-hybridized carbons (Fsp3) is 0.364. The lowest BCUT2D eigenvalue weighted by Crippen LogP contribution is -2.23. The SMILES string of the molecule is COCCOc1sc(-c2nc(Nc3cc4c(cc3Cl)CNCC4)ncc2C(F)(F)F)cc1SC. The zero-order chi connectivity index (χ0) is 24.3. The van der Waals surface area contributed by atoms with Crippen molar-refractivity contribution >= 4 is 46.3 Å². The predicted molar refractivity (Wildman–Crippen MR) is 130 cm³/mol. The summed E-state index contributed by atoms with van der Waals surface area (Å²) in [6, 6.07) is 5.40. The molecule has 6 nitrogen and oxygen atoms in total. The number of aromatic nitrogens is 2. The minimum absolute atomic E-state index is 0.0275. The summed E-state index contributed by atoms with van der Waals surface area (Å²) in [6.45, 7) is 2.23. The molecular formula is C22H22ClF3N4O2S2. The van der Waals surface area contributed by atoms with E-state index >= 15 is 0 Å². The van der Waals surface area contributed by atoms with Gasteiger partial charge in [-0.15, -0.1) is 11.8 Å². The van der Waals surface area contributed by atoms with Gasteiger partial charge >= 0.3 is 6.18 Å². The predicted octanol–water partition coefficient (Wildman–Crippen LogP) is 6.01. The first-order valence-corrected chi connectivity index (χ1v) is 12.7. The van der Waals surface area contributed by atoms with E-state index in [4.69, 9.17) is 21.1 Å². The average molecular weight is 531 g/mol. The van der Waals surface area contributed by atoms with E-state index < -0.39 is 11.7 Å². The quantitative estimate of drug-likeness (QED) is 0.273. The number of thiophene rings is 1. The van der Waals surface area contributed by atoms with Crippen LogP contribution >= 0.6 is 34.7 Å². The average Bonchev–Trinajstić information content (AvgIpc) is 3.22. The third kappa shape index (κ3) is 5.60. The second-order valence-corrected chi connectivity index (χ2v) is 9.68. The third-order valence-corrected chi connectivity index (χ3v) is 7.40. The monoisotopic (exact) mass is 530 g/mol. The molecule has 1 aliphatic heterocycles. The van der Waals surface area contributed by atoms with Gasteiger partial charge in [0.25, 0.3) is 0 Å². The van der Waals surface area contributed by atoms with E-state index in [0.29, 0.717) is 33.9 Å². The summed E-state index contributed by atoms with van der Waals surface area (Å²) in [4.78, 5) is 9.24. The van der Waals surface area contributed by atoms with E-state index in [9.17, 15) is 13.2 Å². The number of alkyl halides is 3. The molecule has 2 N–H and O–H groups in total. The van der Waals surface area contributed by atoms with Gasteiger partial charge in [0, 0.05) is 19.9 Å². The summed E-state index contributed by atoms with van der Waals surface area (Å²) in [7, 11) is 1.55. The second kappa shape index (κ2) is 10.7. The van der Waals surface area contributed by atoms with E-state index in [-0.39, 0.29) is 11.6 Å². The van der Waals surface area contributed by atoms with Gasteiger partial charge in [0.2, 0.25) is 5.95 Å². The number of nitrogens with zero attached hydrogens (tertiary/aromatic N) is 2. The van der Waals surface area contributed by atoms with Crippen LogP contribution in [0.25, 0.3) is 10.6 Å². The number of anilines is 2. The highest BCUT2D eigenvalue weighted by atomic mass is 35.5. The molecule has 0 spiro atoms. The molecule has 2 aromatic heterocycles. The highest BCUT2D eigenvalue weighted by Crippen LogP contribution is 2.45. The Morgan fingerprint density at radius 2 is 2.06 bits per heavy atom. The molecule has 12 heteroatoms. The maximum Gasteiger partial charge on any atom is 0.420 e. The second-order valence-electron chi connectivity index (χ2n) is 7.41. The van der Waals surface area contributed by atoms with Crippen LogP contribution in [0.3, 0.4) is 0 Å². The van der Waals surface area contributed by atoms with Crippen LogP contribution in [0.15, 0.2) is 29.3 Å². The van der Waals surface area contributed by atoms with Crippen LogP contribution in [0.5, 0.6) is 5.06 Å². The number of hydrogen-bond acceptors (Lipinski definition) is 8. The molecular weight excluding hydrogens is 509 g/mol. The van der Waals surface area contributed by atoms with Gasteiger partial charge in [-0.3, -0.25) is 0 Å². The van der Waals surface area contributed by atoms with Crippen molar-refractivity contribution in [3.8, 4) is 15.6 Å². The normalized spacial score (nSPS) is 13.6. The number of ether oxygens (including phenoxy) is 2. The van der Waals surface area contributed by atoms with Gasteiger partial charge in [0.1, 0.15) is 12.2 Å². The van der Waals surface area contributed by atoms with Crippen LogP contribution in [0, 0.1) is 0 Å². The van der Waals surface area contributed by atoms with Gasteiger partial charge in [0.15, 0.2) is 5.06 Å². The Morgan fingerprint density at radius 1 is 1.24 bits per heavy atom. The molecule has 1 aliphatic rings. The molecule has 0 radical (unpaired) electrons. The molecule has 3 heterocycles. The fourth-order valence-corrected chi connectivity index (χ4v) is 5.57. The fourth-order valence-electron chi connectivity index (χ4n) is 3.49. The number of nitrogens with one attached hydrogen (secondary N) is 2. The van der Waals surface area contributed by atoms with E-state index in [1.54, 1.807) is 13.2 Å². The van der Waals surface area contributed by atoms with Gasteiger partial charge in [-0.1, -0.05) is 22.9 Å². The Morgan fingerprint density at radius 3 is 2.79 bits per heavy atom. The maximum atomic E-state index is 13.8. The number of fused-ring (bicyclic) bond motifs is 1. The summed E-state index contributed by atoms with van der Waals surface area (Å²) in [5, 5.41) is 7.25. The van der Waals surface area contributed by atoms with Crippen molar-refractivity contribution in [3.63, 3.8) is 0 Å². The van der Waals surface area contributed by atoms with Gasteiger partial charge in [-0.2, -0.15) is 13.2 Å². The Balaban J connectivity index is 1.71. The summed E-state index contributed by atoms with van der Waals surface area (Å²) >= 11 is 8.91. The lowest BCUT2D eigenvalue weighted by atomic mass is 10.0. The van der Waals surface area contributed by atoms with Crippen molar-refractivity contribution in [2.75, 3.05) is 38.4 Å². The van der Waals surface area contributed by atoms with Crippen molar-refractivity contribution < 1.29 is 22.6 Å². The first-order chi connectivity index (χ1) is 16.3. The van der Waals surface area contributed by atoms with Crippen LogP contribution in [-0.4, -0.2) is 43.1 Å². The van der Waals surface area contributed by atoms with Crippen LogP contribution in [0.4, 0.5) is 24.8 Å². The number of rotatable bonds is 8. The number of methoxy groups -OCH3 is 1. The van der Waals surface area contributed by atoms with Gasteiger partial charge in [-0.25, -0.2) is 9.97 Å². The van der Waals surface area contributed by atoms with Crippen LogP contribution < -0.4 is 15.4 Å². The molecule has 0 bridgehead atoms. The Labute approximate surface area is 208 Å². The van der Waals surface area contributed by atoms with E-state index in [1.807, 2.05) is 18.4 Å². The molecule has 34 heavy (non-hydrogen) atoms. The highest BCUT2D eigenvalue weighted by molar-refractivity contribution is 7.98. The Hall–Kier alpha value is -2.05. The topological polar surface area (TPSA) is 68.3 Å². The maximum absolute atomic E-state index is 13.8. The molecule has 1 aromatic carbocycles. The van der Waals surface area contributed by atoms with Crippen molar-refractivity contribution in [1.82, 2.24) is 15.3 Å². The minimum Gasteiger partial charge on any atom is -0.481 e.